The topological polar surface area (TPSA) is 24.1 Å². The van der Waals surface area contributed by atoms with Crippen molar-refractivity contribution in [2.45, 2.75) is 57.5 Å². The molecule has 1 heterocycles. The summed E-state index contributed by atoms with van der Waals surface area (Å²) in [4.78, 5) is 0. The minimum atomic E-state index is -0.143. The second-order valence-corrected chi connectivity index (χ2v) is 7.97. The van der Waals surface area contributed by atoms with Crippen LogP contribution in [0.5, 0.6) is 0 Å². The molecule has 0 bridgehead atoms. The van der Waals surface area contributed by atoms with E-state index < -0.39 is 0 Å². The van der Waals surface area contributed by atoms with Gasteiger partial charge in [0, 0.05) is 17.4 Å². The first kappa shape index (κ1) is 15.5. The van der Waals surface area contributed by atoms with Crippen LogP contribution in [-0.2, 0) is 5.41 Å². The van der Waals surface area contributed by atoms with Crippen molar-refractivity contribution in [3.05, 3.63) is 58.9 Å². The molecule has 3 heteroatoms. The third kappa shape index (κ3) is 2.88. The molecule has 1 fully saturated rings. The molecule has 2 aromatic carbocycles. The molecule has 0 aromatic heterocycles. The van der Waals surface area contributed by atoms with Gasteiger partial charge in [0.2, 0.25) is 0 Å². The Morgan fingerprint density at radius 2 is 1.96 bits per heavy atom. The van der Waals surface area contributed by atoms with Crippen LogP contribution in [0.25, 0.3) is 0 Å². The zero-order valence-electron chi connectivity index (χ0n) is 14.6. The first-order valence-corrected chi connectivity index (χ1v) is 8.86. The molecule has 2 nitrogen and oxygen atoms in total. The van der Waals surface area contributed by atoms with Crippen LogP contribution in [0.2, 0.25) is 0 Å². The zero-order chi connectivity index (χ0) is 16.9. The van der Waals surface area contributed by atoms with E-state index in [1.54, 1.807) is 12.1 Å². The molecule has 126 valence electrons. The fourth-order valence-electron chi connectivity index (χ4n) is 3.82. The quantitative estimate of drug-likeness (QED) is 0.774. The maximum atomic E-state index is 13.9. The van der Waals surface area contributed by atoms with Crippen LogP contribution >= 0.6 is 0 Å². The van der Waals surface area contributed by atoms with E-state index in [4.69, 9.17) is 0 Å². The molecule has 2 aromatic rings. The Hall–Kier alpha value is -2.03. The van der Waals surface area contributed by atoms with Gasteiger partial charge >= 0.3 is 0 Å². The van der Waals surface area contributed by atoms with Gasteiger partial charge in [-0.3, -0.25) is 0 Å². The van der Waals surface area contributed by atoms with Crippen LogP contribution in [0.3, 0.4) is 0 Å². The molecule has 2 N–H and O–H groups in total. The summed E-state index contributed by atoms with van der Waals surface area (Å²) in [6, 6.07) is 12.9. The SMILES string of the molecule is Cc1cc(F)cc2c1NC(c1cccc(NC3CC3)c1)CC2(C)C. The number of halogens is 1. The summed E-state index contributed by atoms with van der Waals surface area (Å²) in [5, 5.41) is 7.24. The van der Waals surface area contributed by atoms with Gasteiger partial charge in [0.25, 0.3) is 0 Å². The van der Waals surface area contributed by atoms with Crippen LogP contribution in [0.1, 0.15) is 55.8 Å². The standard InChI is InChI=1S/C21H25FN2/c1-13-9-15(22)11-18-20(13)24-19(12-21(18,2)3)14-5-4-6-17(10-14)23-16-7-8-16/h4-6,9-11,16,19,23-24H,7-8,12H2,1-3H3. The van der Waals surface area contributed by atoms with Crippen molar-refractivity contribution in [2.75, 3.05) is 10.6 Å². The Morgan fingerprint density at radius 1 is 1.17 bits per heavy atom. The molecule has 4 rings (SSSR count). The lowest BCUT2D eigenvalue weighted by Gasteiger charge is -2.40. The highest BCUT2D eigenvalue weighted by atomic mass is 19.1. The Balaban J connectivity index is 1.68. The van der Waals surface area contributed by atoms with E-state index in [-0.39, 0.29) is 17.3 Å². The molecule has 1 unspecified atom stereocenters. The molecular formula is C21H25FN2. The van der Waals surface area contributed by atoms with Gasteiger partial charge in [0.15, 0.2) is 0 Å². The van der Waals surface area contributed by atoms with Gasteiger partial charge in [-0.05, 0) is 72.6 Å². The molecule has 24 heavy (non-hydrogen) atoms. The van der Waals surface area contributed by atoms with Crippen molar-refractivity contribution in [2.24, 2.45) is 0 Å². The van der Waals surface area contributed by atoms with Crippen molar-refractivity contribution in [3.63, 3.8) is 0 Å². The molecule has 1 saturated carbocycles. The predicted octanol–water partition coefficient (Wildman–Crippen LogP) is 5.54. The Labute approximate surface area is 143 Å². The molecule has 1 aliphatic heterocycles. The van der Waals surface area contributed by atoms with Gasteiger partial charge in [-0.25, -0.2) is 4.39 Å². The molecular weight excluding hydrogens is 299 g/mol. The largest absolute Gasteiger partial charge is 0.382 e. The number of rotatable bonds is 3. The Bertz CT molecular complexity index is 777. The van der Waals surface area contributed by atoms with Gasteiger partial charge in [-0.2, -0.15) is 0 Å². The maximum absolute atomic E-state index is 13.9. The first-order valence-electron chi connectivity index (χ1n) is 8.86. The highest BCUT2D eigenvalue weighted by Crippen LogP contribution is 2.45. The highest BCUT2D eigenvalue weighted by Gasteiger charge is 2.34. The lowest BCUT2D eigenvalue weighted by molar-refractivity contribution is 0.424. The number of benzene rings is 2. The Kier molecular flexibility index (Phi) is 3.56. The minimum Gasteiger partial charge on any atom is -0.382 e. The maximum Gasteiger partial charge on any atom is 0.123 e. The monoisotopic (exact) mass is 324 g/mol. The van der Waals surface area contributed by atoms with Crippen molar-refractivity contribution < 1.29 is 4.39 Å². The molecule has 0 saturated heterocycles. The molecule has 0 radical (unpaired) electrons. The molecule has 0 amide bonds. The zero-order valence-corrected chi connectivity index (χ0v) is 14.6. The van der Waals surface area contributed by atoms with Gasteiger partial charge < -0.3 is 10.6 Å². The normalized spacial score (nSPS) is 21.8. The summed E-state index contributed by atoms with van der Waals surface area (Å²) >= 11 is 0. The van der Waals surface area contributed by atoms with Crippen LogP contribution < -0.4 is 10.6 Å². The third-order valence-electron chi connectivity index (χ3n) is 5.30. The summed E-state index contributed by atoms with van der Waals surface area (Å²) in [5.41, 5.74) is 5.61. The van der Waals surface area contributed by atoms with Crippen LogP contribution in [0.4, 0.5) is 15.8 Å². The van der Waals surface area contributed by atoms with Gasteiger partial charge in [0.1, 0.15) is 5.82 Å². The van der Waals surface area contributed by atoms with Crippen LogP contribution in [0, 0.1) is 12.7 Å². The third-order valence-corrected chi connectivity index (χ3v) is 5.30. The van der Waals surface area contributed by atoms with Crippen molar-refractivity contribution in [1.29, 1.82) is 0 Å². The fourth-order valence-corrected chi connectivity index (χ4v) is 3.82. The van der Waals surface area contributed by atoms with E-state index in [1.165, 1.54) is 24.1 Å². The average Bonchev–Trinajstić information content (AvgIpc) is 3.32. The summed E-state index contributed by atoms with van der Waals surface area (Å²) in [5.74, 6) is -0.143. The summed E-state index contributed by atoms with van der Waals surface area (Å²) in [6.07, 6.45) is 3.50. The molecule has 1 aliphatic carbocycles. The first-order chi connectivity index (χ1) is 11.4. The number of hydrogen-bond acceptors (Lipinski definition) is 2. The predicted molar refractivity (Wildman–Crippen MR) is 98.2 cm³/mol. The van der Waals surface area contributed by atoms with E-state index in [2.05, 4.69) is 48.7 Å². The fraction of sp³-hybridized carbons (Fsp3) is 0.429. The molecule has 0 spiro atoms. The molecule has 2 aliphatic rings. The van der Waals surface area contributed by atoms with Gasteiger partial charge in [-0.1, -0.05) is 26.0 Å². The van der Waals surface area contributed by atoms with E-state index in [0.717, 1.165) is 23.2 Å². The number of anilines is 2. The van der Waals surface area contributed by atoms with Gasteiger partial charge in [0.05, 0.1) is 6.04 Å². The van der Waals surface area contributed by atoms with E-state index in [0.29, 0.717) is 6.04 Å². The van der Waals surface area contributed by atoms with E-state index in [1.807, 2.05) is 6.92 Å². The lowest BCUT2D eigenvalue weighted by atomic mass is 9.73. The summed E-state index contributed by atoms with van der Waals surface area (Å²) < 4.78 is 13.9. The number of hydrogen-bond donors (Lipinski definition) is 2. The van der Waals surface area contributed by atoms with Crippen LogP contribution in [-0.4, -0.2) is 6.04 Å². The van der Waals surface area contributed by atoms with E-state index >= 15 is 0 Å². The smallest absolute Gasteiger partial charge is 0.123 e. The van der Waals surface area contributed by atoms with E-state index in [9.17, 15) is 4.39 Å². The second-order valence-electron chi connectivity index (χ2n) is 7.97. The minimum absolute atomic E-state index is 0.0575. The number of fused-ring (bicyclic) bond motifs is 1. The lowest BCUT2D eigenvalue weighted by Crippen LogP contribution is -2.32. The number of nitrogens with one attached hydrogen (secondary N) is 2. The van der Waals surface area contributed by atoms with Gasteiger partial charge in [-0.15, -0.1) is 0 Å². The average molecular weight is 324 g/mol. The number of aryl methyl sites for hydroxylation is 1. The highest BCUT2D eigenvalue weighted by molar-refractivity contribution is 5.64. The Morgan fingerprint density at radius 3 is 2.71 bits per heavy atom. The summed E-state index contributed by atoms with van der Waals surface area (Å²) in [7, 11) is 0. The summed E-state index contributed by atoms with van der Waals surface area (Å²) in [6.45, 7) is 6.41. The molecule has 1 atom stereocenters. The second kappa shape index (κ2) is 5.51. The van der Waals surface area contributed by atoms with Crippen LogP contribution in [0.15, 0.2) is 36.4 Å². The van der Waals surface area contributed by atoms with Crippen molar-refractivity contribution in [3.8, 4) is 0 Å². The van der Waals surface area contributed by atoms with Crippen molar-refractivity contribution in [1.82, 2.24) is 0 Å². The van der Waals surface area contributed by atoms with Crippen molar-refractivity contribution >= 4 is 11.4 Å².